The smallest absolute Gasteiger partial charge is 0.329 e. The summed E-state index contributed by atoms with van der Waals surface area (Å²) in [4.78, 5) is 35.3. The monoisotopic (exact) mass is 384 g/mol. The van der Waals surface area contributed by atoms with Crippen molar-refractivity contribution in [2.45, 2.75) is 39.3 Å². The lowest BCUT2D eigenvalue weighted by atomic mass is 10.0. The van der Waals surface area contributed by atoms with Crippen LogP contribution in [0.5, 0.6) is 0 Å². The normalized spacial score (nSPS) is 12.9. The first-order valence-corrected chi connectivity index (χ1v) is 9.06. The number of nitrogens with zero attached hydrogens (tertiary/aromatic N) is 1. The Morgan fingerprint density at radius 2 is 1.75 bits per heavy atom. The molecule has 0 aliphatic rings. The third-order valence-electron chi connectivity index (χ3n) is 4.29. The number of nitro groups is 1. The second-order valence-corrected chi connectivity index (χ2v) is 6.88. The first kappa shape index (κ1) is 21.1. The van der Waals surface area contributed by atoms with Gasteiger partial charge in [-0.15, -0.1) is 0 Å². The van der Waals surface area contributed by atoms with Crippen LogP contribution in [0, 0.1) is 16.0 Å². The zero-order valence-electron chi connectivity index (χ0n) is 16.1. The van der Waals surface area contributed by atoms with Crippen molar-refractivity contribution < 1.29 is 19.2 Å². The number of amides is 1. The summed E-state index contributed by atoms with van der Waals surface area (Å²) in [5, 5.41) is 13.6. The van der Waals surface area contributed by atoms with Crippen LogP contribution in [-0.2, 0) is 20.7 Å². The molecule has 148 valence electrons. The summed E-state index contributed by atoms with van der Waals surface area (Å²) in [5.41, 5.74) is 1.29. The molecule has 7 heteroatoms. The summed E-state index contributed by atoms with van der Waals surface area (Å²) >= 11 is 0. The van der Waals surface area contributed by atoms with Crippen LogP contribution in [0.25, 0.3) is 0 Å². The molecule has 0 saturated heterocycles. The Morgan fingerprint density at radius 1 is 1.07 bits per heavy atom. The number of benzene rings is 2. The molecule has 2 aromatic rings. The van der Waals surface area contributed by atoms with Crippen LogP contribution in [0.3, 0.4) is 0 Å². The number of rotatable bonds is 8. The summed E-state index contributed by atoms with van der Waals surface area (Å²) < 4.78 is 5.47. The summed E-state index contributed by atoms with van der Waals surface area (Å²) in [6.45, 7) is 5.26. The molecule has 0 fully saturated rings. The highest BCUT2D eigenvalue weighted by molar-refractivity contribution is 5.85. The quantitative estimate of drug-likeness (QED) is 0.426. The van der Waals surface area contributed by atoms with Gasteiger partial charge in [-0.25, -0.2) is 4.79 Å². The highest BCUT2D eigenvalue weighted by atomic mass is 16.6. The van der Waals surface area contributed by atoms with Crippen LogP contribution in [0.2, 0.25) is 0 Å². The van der Waals surface area contributed by atoms with Crippen LogP contribution < -0.4 is 5.32 Å². The number of ether oxygens (including phenoxy) is 1. The second-order valence-electron chi connectivity index (χ2n) is 6.88. The predicted molar refractivity (Wildman–Crippen MR) is 105 cm³/mol. The van der Waals surface area contributed by atoms with E-state index in [0.717, 1.165) is 5.56 Å². The topological polar surface area (TPSA) is 98.5 Å². The first-order valence-electron chi connectivity index (χ1n) is 9.06. The zero-order valence-corrected chi connectivity index (χ0v) is 16.1. The summed E-state index contributed by atoms with van der Waals surface area (Å²) in [6.07, 6.45) is -0.516. The largest absolute Gasteiger partial charge is 0.456 e. The van der Waals surface area contributed by atoms with E-state index in [1.165, 1.54) is 12.1 Å². The van der Waals surface area contributed by atoms with Gasteiger partial charge in [-0.2, -0.15) is 0 Å². The van der Waals surface area contributed by atoms with Gasteiger partial charge in [-0.05, 0) is 24.0 Å². The van der Waals surface area contributed by atoms with Crippen molar-refractivity contribution in [2.75, 3.05) is 0 Å². The summed E-state index contributed by atoms with van der Waals surface area (Å²) in [7, 11) is 0. The Labute approximate surface area is 163 Å². The van der Waals surface area contributed by atoms with E-state index in [-0.39, 0.29) is 23.9 Å². The maximum absolute atomic E-state index is 12.6. The number of carbonyl (C=O) groups excluding carboxylic acids is 2. The Bertz CT molecular complexity index is 836. The Balaban J connectivity index is 2.03. The number of carbonyl (C=O) groups is 2. The fourth-order valence-corrected chi connectivity index (χ4v) is 2.71. The molecule has 2 rings (SSSR count). The molecule has 0 aliphatic heterocycles. The Kier molecular flexibility index (Phi) is 7.26. The number of non-ortho nitro benzene ring substituents is 1. The van der Waals surface area contributed by atoms with Gasteiger partial charge in [0.25, 0.3) is 5.69 Å². The molecule has 0 heterocycles. The van der Waals surface area contributed by atoms with Crippen LogP contribution in [0.1, 0.15) is 38.0 Å². The Hall–Kier alpha value is -3.22. The van der Waals surface area contributed by atoms with E-state index < -0.39 is 23.0 Å². The highest BCUT2D eigenvalue weighted by Gasteiger charge is 2.27. The van der Waals surface area contributed by atoms with Gasteiger partial charge in [-0.3, -0.25) is 14.9 Å². The van der Waals surface area contributed by atoms with Crippen molar-refractivity contribution in [1.82, 2.24) is 5.32 Å². The number of esters is 1. The van der Waals surface area contributed by atoms with Gasteiger partial charge in [0.15, 0.2) is 0 Å². The van der Waals surface area contributed by atoms with E-state index in [9.17, 15) is 19.7 Å². The molecule has 2 atom stereocenters. The number of nitrogens with one attached hydrogen (secondary N) is 1. The highest BCUT2D eigenvalue weighted by Crippen LogP contribution is 2.22. The van der Waals surface area contributed by atoms with Crippen molar-refractivity contribution in [2.24, 2.45) is 5.92 Å². The third-order valence-corrected chi connectivity index (χ3v) is 4.29. The fraction of sp³-hybridized carbons (Fsp3) is 0.333. The van der Waals surface area contributed by atoms with Gasteiger partial charge in [0.2, 0.25) is 5.91 Å². The maximum Gasteiger partial charge on any atom is 0.329 e. The van der Waals surface area contributed by atoms with E-state index >= 15 is 0 Å². The van der Waals surface area contributed by atoms with Crippen molar-refractivity contribution in [1.29, 1.82) is 0 Å². The molecule has 2 aromatic carbocycles. The molecule has 1 N–H and O–H groups in total. The lowest BCUT2D eigenvalue weighted by Gasteiger charge is -2.23. The van der Waals surface area contributed by atoms with Crippen LogP contribution in [0.15, 0.2) is 54.6 Å². The number of nitro benzene ring substituents is 1. The predicted octanol–water partition coefficient (Wildman–Crippen LogP) is 3.58. The average molecular weight is 384 g/mol. The first-order chi connectivity index (χ1) is 13.3. The second kappa shape index (κ2) is 9.64. The lowest BCUT2D eigenvalue weighted by molar-refractivity contribution is -0.385. The summed E-state index contributed by atoms with van der Waals surface area (Å²) in [5.74, 6) is -1.02. The molecular weight excluding hydrogens is 360 g/mol. The van der Waals surface area contributed by atoms with E-state index in [1.807, 2.05) is 44.2 Å². The molecule has 0 bridgehead atoms. The minimum Gasteiger partial charge on any atom is -0.456 e. The van der Waals surface area contributed by atoms with Gasteiger partial charge in [0.05, 0.1) is 11.3 Å². The molecule has 0 unspecified atom stereocenters. The van der Waals surface area contributed by atoms with Crippen LogP contribution >= 0.6 is 0 Å². The zero-order chi connectivity index (χ0) is 20.7. The van der Waals surface area contributed by atoms with Gasteiger partial charge in [0.1, 0.15) is 12.1 Å². The van der Waals surface area contributed by atoms with Crippen molar-refractivity contribution in [3.63, 3.8) is 0 Å². The SMILES string of the molecule is CC(C)[C@H](NC(=O)Cc1ccccc1)C(=O)O[C@@H](C)c1cccc([N+](=O)[O-])c1. The van der Waals surface area contributed by atoms with E-state index in [4.69, 9.17) is 4.74 Å². The molecule has 7 nitrogen and oxygen atoms in total. The van der Waals surface area contributed by atoms with Crippen molar-refractivity contribution >= 4 is 17.6 Å². The minimum absolute atomic E-state index is 0.0722. The van der Waals surface area contributed by atoms with Gasteiger partial charge in [-0.1, -0.05) is 56.3 Å². The lowest BCUT2D eigenvalue weighted by Crippen LogP contribution is -2.46. The van der Waals surface area contributed by atoms with E-state index in [1.54, 1.807) is 19.1 Å². The van der Waals surface area contributed by atoms with Crippen LogP contribution in [-0.4, -0.2) is 22.8 Å². The molecule has 0 spiro atoms. The molecule has 0 aromatic heterocycles. The third kappa shape index (κ3) is 5.90. The molecule has 28 heavy (non-hydrogen) atoms. The molecule has 1 amide bonds. The number of hydrogen-bond donors (Lipinski definition) is 1. The summed E-state index contributed by atoms with van der Waals surface area (Å²) in [6, 6.07) is 14.4. The van der Waals surface area contributed by atoms with Gasteiger partial charge >= 0.3 is 5.97 Å². The fourth-order valence-electron chi connectivity index (χ4n) is 2.71. The molecule has 0 aliphatic carbocycles. The van der Waals surface area contributed by atoms with Crippen LogP contribution in [0.4, 0.5) is 5.69 Å². The maximum atomic E-state index is 12.6. The minimum atomic E-state index is -0.808. The number of hydrogen-bond acceptors (Lipinski definition) is 5. The van der Waals surface area contributed by atoms with Crippen molar-refractivity contribution in [3.8, 4) is 0 Å². The Morgan fingerprint density at radius 3 is 2.36 bits per heavy atom. The van der Waals surface area contributed by atoms with E-state index in [2.05, 4.69) is 5.32 Å². The van der Waals surface area contributed by atoms with E-state index in [0.29, 0.717) is 5.56 Å². The molecule has 0 saturated carbocycles. The standard InChI is InChI=1S/C21H24N2O5/c1-14(2)20(22-19(24)12-16-8-5-4-6-9-16)21(25)28-15(3)17-10-7-11-18(13-17)23(26)27/h4-11,13-15,20H,12H2,1-3H3,(H,22,24)/t15-,20-/m0/s1. The van der Waals surface area contributed by atoms with Gasteiger partial charge < -0.3 is 10.1 Å². The van der Waals surface area contributed by atoms with Gasteiger partial charge in [0, 0.05) is 12.1 Å². The average Bonchev–Trinajstić information content (AvgIpc) is 2.66. The van der Waals surface area contributed by atoms with Crippen molar-refractivity contribution in [3.05, 3.63) is 75.8 Å². The molecule has 0 radical (unpaired) electrons. The molecular formula is C21H24N2O5.